The average molecular weight is 1380 g/mol. The lowest BCUT2D eigenvalue weighted by molar-refractivity contribution is -0.144. The number of primary amides is 3. The third-order valence-electron chi connectivity index (χ3n) is 16.6. The monoisotopic (exact) mass is 1370 g/mol. The molecule has 536 valence electrons. The molecule has 32 heteroatoms. The minimum Gasteiger partial charge on any atom is -0.370 e. The number of guanidine groups is 1. The Morgan fingerprint density at radius 2 is 0.990 bits per heavy atom. The van der Waals surface area contributed by atoms with E-state index in [9.17, 15) is 62.3 Å². The molecular weight excluding hydrogens is 1270 g/mol. The quantitative estimate of drug-likeness (QED) is 0.0178. The van der Waals surface area contributed by atoms with E-state index in [1.54, 1.807) is 60.7 Å². The fourth-order valence-electron chi connectivity index (χ4n) is 11.3. The van der Waals surface area contributed by atoms with Crippen LogP contribution in [0.3, 0.4) is 0 Å². The van der Waals surface area contributed by atoms with Gasteiger partial charge in [-0.25, -0.2) is 0 Å². The zero-order valence-electron chi connectivity index (χ0n) is 56.1. The molecule has 0 bridgehead atoms. The van der Waals surface area contributed by atoms with E-state index >= 15 is 0 Å². The van der Waals surface area contributed by atoms with Crippen molar-refractivity contribution in [3.63, 3.8) is 0 Å². The number of rotatable bonds is 43. The number of benzene rings is 2. The summed E-state index contributed by atoms with van der Waals surface area (Å²) in [4.78, 5) is 185. The van der Waals surface area contributed by atoms with Crippen molar-refractivity contribution in [2.24, 2.45) is 57.0 Å². The van der Waals surface area contributed by atoms with Crippen LogP contribution in [0.15, 0.2) is 65.7 Å². The van der Waals surface area contributed by atoms with Gasteiger partial charge in [-0.15, -0.1) is 0 Å². The van der Waals surface area contributed by atoms with Crippen molar-refractivity contribution in [2.45, 2.75) is 190 Å². The summed E-state index contributed by atoms with van der Waals surface area (Å²) in [5, 5.41) is 21.6. The van der Waals surface area contributed by atoms with Gasteiger partial charge in [0, 0.05) is 51.9 Å². The first-order chi connectivity index (χ1) is 46.1. The number of thioether (sulfide) groups is 1. The van der Waals surface area contributed by atoms with Crippen molar-refractivity contribution in [2.75, 3.05) is 44.7 Å². The van der Waals surface area contributed by atoms with Gasteiger partial charge in [0.1, 0.15) is 54.4 Å². The normalized spacial score (nSPS) is 17.1. The van der Waals surface area contributed by atoms with Gasteiger partial charge in [0.15, 0.2) is 5.96 Å². The van der Waals surface area contributed by atoms with Crippen LogP contribution in [0, 0.1) is 11.8 Å². The molecule has 2 aromatic rings. The number of nitrogens with zero attached hydrogens (tertiary/aromatic N) is 3. The molecule has 2 heterocycles. The minimum atomic E-state index is -1.63. The molecule has 4 rings (SSSR count). The molecule has 22 N–H and O–H groups in total. The summed E-state index contributed by atoms with van der Waals surface area (Å²) in [6.07, 6.45) is 3.31. The number of amides is 13. The zero-order chi connectivity index (χ0) is 71.7. The largest absolute Gasteiger partial charge is 0.370 e. The van der Waals surface area contributed by atoms with Gasteiger partial charge in [0.2, 0.25) is 76.8 Å². The lowest BCUT2D eigenvalue weighted by Crippen LogP contribution is -2.60. The summed E-state index contributed by atoms with van der Waals surface area (Å²) in [6.45, 7) is 5.85. The topological polar surface area (TPSA) is 519 Å². The zero-order valence-corrected chi connectivity index (χ0v) is 56.9. The standard InChI is InChI=1S/C65H102N18O13S/c1-38(2)34-47(59(91)75-43(54(70)86)28-33-97-4)79-55(87)39(3)37-74-56(88)48(35-40-16-7-5-8-17-40)80-60(92)49(36-41-18-9-6-10-19-41)81-58(90)44(24-26-52(68)84)76-57(89)45(25-27-53(69)85)77-61(93)51-23-15-32-83(51)64(96)46(21-11-12-29-66)78-62(94)50-22-14-31-82(50)63(95)42(67)20-13-30-73-65(71)72/h5-10,16-19,38-39,42-51H,11-15,20-37,66-67H2,1-4H3,(H2,68,84)(H2,69,85)(H2,70,86)(H,74,88)(H,75,91)(H,76,89)(H,77,93)(H,78,94)(H,79,87)(H,80,92)(H,81,90)(H4,71,72,73)/t39-,42+,43+,44+,45+,46+,47+,48+,49+,50+,51+/m1/s1. The van der Waals surface area contributed by atoms with Crippen LogP contribution in [0.4, 0.5) is 0 Å². The fourth-order valence-corrected chi connectivity index (χ4v) is 11.7. The van der Waals surface area contributed by atoms with Crippen LogP contribution < -0.4 is 82.7 Å². The highest BCUT2D eigenvalue weighted by molar-refractivity contribution is 7.98. The van der Waals surface area contributed by atoms with E-state index in [4.69, 9.17) is 40.1 Å². The van der Waals surface area contributed by atoms with E-state index in [2.05, 4.69) is 47.5 Å². The van der Waals surface area contributed by atoms with E-state index in [-0.39, 0.29) is 89.5 Å². The third kappa shape index (κ3) is 28.0. The number of hydrogen-bond donors (Lipinski definition) is 15. The molecule has 13 amide bonds. The molecular formula is C65H102N18O13S. The highest BCUT2D eigenvalue weighted by Crippen LogP contribution is 2.24. The Morgan fingerprint density at radius 1 is 0.526 bits per heavy atom. The fraction of sp³-hybridized carbons (Fsp3) is 0.600. The maximum Gasteiger partial charge on any atom is 0.245 e. The Balaban J connectivity index is 1.56. The maximum absolute atomic E-state index is 14.7. The summed E-state index contributed by atoms with van der Waals surface area (Å²) in [6, 6.07) is 4.89. The molecule has 0 aromatic heterocycles. The van der Waals surface area contributed by atoms with E-state index in [1.165, 1.54) is 28.5 Å². The van der Waals surface area contributed by atoms with Crippen LogP contribution in [0.25, 0.3) is 0 Å². The number of carbonyl (C=O) groups is 13. The van der Waals surface area contributed by atoms with Crippen LogP contribution >= 0.6 is 11.8 Å². The second-order valence-corrected chi connectivity index (χ2v) is 26.0. The van der Waals surface area contributed by atoms with Crippen LogP contribution in [0.5, 0.6) is 0 Å². The highest BCUT2D eigenvalue weighted by atomic mass is 32.2. The minimum absolute atomic E-state index is 0.0595. The van der Waals surface area contributed by atoms with Crippen molar-refractivity contribution >= 4 is 94.5 Å². The van der Waals surface area contributed by atoms with Crippen LogP contribution in [-0.4, -0.2) is 198 Å². The Hall–Kier alpha value is -8.91. The SMILES string of the molecule is CSCC[C@H](NC(=O)[C@H](CC(C)C)NC(=O)[C@H](C)CNC(=O)[C@H](Cc1ccccc1)NC(=O)[C@H](Cc1ccccc1)NC(=O)[C@H](CCC(N)=O)NC(=O)[C@H](CCC(N)=O)NC(=O)[C@@H]1CCCN1C(=O)[C@H](CCCCN)NC(=O)[C@@H]1CCCN1C(=O)[C@@H](N)CCCN=C(N)N)C(N)=O. The lowest BCUT2D eigenvalue weighted by atomic mass is 10.0. The van der Waals surface area contributed by atoms with Gasteiger partial charge >= 0.3 is 0 Å². The number of nitrogens with two attached hydrogens (primary N) is 7. The van der Waals surface area contributed by atoms with Gasteiger partial charge in [0.05, 0.1) is 12.0 Å². The lowest BCUT2D eigenvalue weighted by Gasteiger charge is -2.32. The van der Waals surface area contributed by atoms with Gasteiger partial charge in [-0.1, -0.05) is 81.4 Å². The van der Waals surface area contributed by atoms with Crippen molar-refractivity contribution in [1.82, 2.24) is 52.3 Å². The van der Waals surface area contributed by atoms with Crippen molar-refractivity contribution in [1.29, 1.82) is 0 Å². The molecule has 11 atom stereocenters. The first-order valence-corrected chi connectivity index (χ1v) is 34.5. The van der Waals surface area contributed by atoms with Crippen molar-refractivity contribution in [3.8, 4) is 0 Å². The van der Waals surface area contributed by atoms with E-state index < -0.39 is 169 Å². The summed E-state index contributed by atoms with van der Waals surface area (Å²) < 4.78 is 0. The molecule has 2 fully saturated rings. The molecule has 2 aliphatic heterocycles. The number of likely N-dealkylation sites (tertiary alicyclic amines) is 2. The number of hydrogen-bond acceptors (Lipinski definition) is 17. The van der Waals surface area contributed by atoms with Gasteiger partial charge in [-0.3, -0.25) is 67.3 Å². The molecule has 2 aliphatic rings. The van der Waals surface area contributed by atoms with Gasteiger partial charge in [0.25, 0.3) is 0 Å². The van der Waals surface area contributed by atoms with Crippen molar-refractivity contribution < 1.29 is 62.3 Å². The van der Waals surface area contributed by atoms with Crippen LogP contribution in [0.2, 0.25) is 0 Å². The second kappa shape index (κ2) is 41.9. The molecule has 31 nitrogen and oxygen atoms in total. The Morgan fingerprint density at radius 3 is 1.48 bits per heavy atom. The van der Waals surface area contributed by atoms with Crippen LogP contribution in [-0.2, 0) is 75.2 Å². The highest BCUT2D eigenvalue weighted by Gasteiger charge is 2.42. The Kier molecular flexibility index (Phi) is 34.8. The summed E-state index contributed by atoms with van der Waals surface area (Å²) in [7, 11) is 0. The van der Waals surface area contributed by atoms with Gasteiger partial charge < -0.3 is 92.5 Å². The molecule has 0 spiro atoms. The number of carbonyl (C=O) groups excluding carboxylic acids is 13. The second-order valence-electron chi connectivity index (χ2n) is 25.0. The van der Waals surface area contributed by atoms with Crippen LogP contribution in [0.1, 0.15) is 128 Å². The maximum atomic E-state index is 14.7. The summed E-state index contributed by atoms with van der Waals surface area (Å²) in [5.41, 5.74) is 40.7. The van der Waals surface area contributed by atoms with E-state index in [1.807, 2.05) is 20.1 Å². The Labute approximate surface area is 570 Å². The first kappa shape index (κ1) is 80.5. The van der Waals surface area contributed by atoms with E-state index in [0.717, 1.165) is 0 Å². The summed E-state index contributed by atoms with van der Waals surface area (Å²) >= 11 is 1.47. The first-order valence-electron chi connectivity index (χ1n) is 33.1. The molecule has 0 unspecified atom stereocenters. The van der Waals surface area contributed by atoms with E-state index in [0.29, 0.717) is 55.4 Å². The molecule has 0 radical (unpaired) electrons. The molecule has 0 aliphatic carbocycles. The number of unbranched alkanes of at least 4 members (excludes halogenated alkanes) is 1. The molecule has 2 saturated heterocycles. The predicted molar refractivity (Wildman–Crippen MR) is 365 cm³/mol. The molecule has 97 heavy (non-hydrogen) atoms. The summed E-state index contributed by atoms with van der Waals surface area (Å²) in [5.74, 6) is -10.2. The number of aliphatic imine (C=N–C) groups is 1. The third-order valence-corrected chi connectivity index (χ3v) is 17.3. The van der Waals surface area contributed by atoms with Gasteiger partial charge in [-0.2, -0.15) is 11.8 Å². The predicted octanol–water partition coefficient (Wildman–Crippen LogP) is -3.07. The molecule has 2 aromatic carbocycles. The number of nitrogens with one attached hydrogen (secondary N) is 8. The molecule has 0 saturated carbocycles. The van der Waals surface area contributed by atoms with Crippen molar-refractivity contribution in [3.05, 3.63) is 71.8 Å². The average Bonchev–Trinajstić information content (AvgIpc) is 1.77. The Bertz CT molecular complexity index is 3020. The smallest absolute Gasteiger partial charge is 0.245 e. The van der Waals surface area contributed by atoms with Gasteiger partial charge in [-0.05, 0) is 119 Å².